The standard InChI is InChI=1S/C28H36Br2N2O4S2/c1-5-9-11-16(7-3)13-31-26(34)19-18(15-33)24(29)37-22(19)23-20-21(25(30)38-23)28(36)32(27(20)35)14-17(8-4)12-10-6-2/h15-17H,5-14H2,1-4H3,(H,31,34). The highest BCUT2D eigenvalue weighted by Crippen LogP contribution is 2.49. The number of carbonyl (C=O) groups is 4. The number of imide groups is 1. The molecule has 3 rings (SSSR count). The minimum atomic E-state index is -0.337. The van der Waals surface area contributed by atoms with Crippen molar-refractivity contribution in [2.75, 3.05) is 13.1 Å². The summed E-state index contributed by atoms with van der Waals surface area (Å²) in [6.45, 7) is 9.39. The zero-order valence-electron chi connectivity index (χ0n) is 22.5. The van der Waals surface area contributed by atoms with Gasteiger partial charge in [-0.25, -0.2) is 0 Å². The SMILES string of the molecule is CCCCC(CC)CNC(=O)c1c(-c2sc(Br)c3c2C(=O)N(CC(CC)CCCC)C3=O)sc(Br)c1C=O. The van der Waals surface area contributed by atoms with E-state index in [1.54, 1.807) is 0 Å². The van der Waals surface area contributed by atoms with Crippen molar-refractivity contribution in [2.45, 2.75) is 79.1 Å². The predicted octanol–water partition coefficient (Wildman–Crippen LogP) is 8.57. The average molecular weight is 689 g/mol. The fourth-order valence-electron chi connectivity index (χ4n) is 4.84. The molecule has 2 atom stereocenters. The van der Waals surface area contributed by atoms with Crippen LogP contribution in [-0.4, -0.2) is 42.0 Å². The molecule has 2 aromatic rings. The molecule has 0 radical (unpaired) electrons. The summed E-state index contributed by atoms with van der Waals surface area (Å²) in [5.41, 5.74) is 1.20. The van der Waals surface area contributed by atoms with Crippen LogP contribution in [0.4, 0.5) is 0 Å². The molecule has 0 aliphatic carbocycles. The summed E-state index contributed by atoms with van der Waals surface area (Å²) >= 11 is 9.48. The maximum atomic E-state index is 13.7. The number of fused-ring (bicyclic) bond motifs is 1. The first-order valence-electron chi connectivity index (χ1n) is 13.5. The normalized spacial score (nSPS) is 14.6. The Morgan fingerprint density at radius 3 is 2.05 bits per heavy atom. The van der Waals surface area contributed by atoms with Gasteiger partial charge in [0.05, 0.1) is 39.6 Å². The quantitative estimate of drug-likeness (QED) is 0.150. The molecule has 3 heterocycles. The van der Waals surface area contributed by atoms with Crippen LogP contribution >= 0.6 is 54.5 Å². The minimum Gasteiger partial charge on any atom is -0.352 e. The van der Waals surface area contributed by atoms with E-state index in [9.17, 15) is 19.2 Å². The van der Waals surface area contributed by atoms with E-state index in [-0.39, 0.29) is 34.8 Å². The monoisotopic (exact) mass is 686 g/mol. The number of hydrogen-bond donors (Lipinski definition) is 1. The molecule has 38 heavy (non-hydrogen) atoms. The van der Waals surface area contributed by atoms with Crippen LogP contribution in [0.15, 0.2) is 7.57 Å². The van der Waals surface area contributed by atoms with Gasteiger partial charge in [-0.15, -0.1) is 22.7 Å². The van der Waals surface area contributed by atoms with E-state index in [2.05, 4.69) is 64.9 Å². The number of carbonyl (C=O) groups excluding carboxylic acids is 4. The van der Waals surface area contributed by atoms with E-state index in [0.29, 0.717) is 53.7 Å². The smallest absolute Gasteiger partial charge is 0.263 e. The molecule has 6 nitrogen and oxygen atoms in total. The molecule has 1 aliphatic heterocycles. The van der Waals surface area contributed by atoms with Gasteiger partial charge in [0.2, 0.25) is 0 Å². The van der Waals surface area contributed by atoms with Crippen molar-refractivity contribution in [1.82, 2.24) is 10.2 Å². The molecule has 1 N–H and O–H groups in total. The molecule has 10 heteroatoms. The van der Waals surface area contributed by atoms with Crippen molar-refractivity contribution >= 4 is 78.5 Å². The number of aldehydes is 1. The maximum Gasteiger partial charge on any atom is 0.263 e. The molecule has 1 aliphatic rings. The third-order valence-corrected chi connectivity index (χ3v) is 11.2. The molecule has 0 saturated heterocycles. The first-order chi connectivity index (χ1) is 18.2. The summed E-state index contributed by atoms with van der Waals surface area (Å²) in [6, 6.07) is 0. The fraction of sp³-hybridized carbons (Fsp3) is 0.571. The topological polar surface area (TPSA) is 83.6 Å². The number of thiophene rings is 2. The summed E-state index contributed by atoms with van der Waals surface area (Å²) in [6.07, 6.45) is 8.83. The number of halogens is 2. The molecular formula is C28H36Br2N2O4S2. The largest absolute Gasteiger partial charge is 0.352 e. The highest BCUT2D eigenvalue weighted by atomic mass is 79.9. The first-order valence-corrected chi connectivity index (χ1v) is 16.7. The van der Waals surface area contributed by atoms with Crippen LogP contribution in [0.25, 0.3) is 9.75 Å². The lowest BCUT2D eigenvalue weighted by Crippen LogP contribution is -2.34. The Labute approximate surface area is 250 Å². The first kappa shape index (κ1) is 31.2. The maximum absolute atomic E-state index is 13.7. The van der Waals surface area contributed by atoms with Gasteiger partial charge in [0, 0.05) is 13.1 Å². The van der Waals surface area contributed by atoms with E-state index in [1.807, 2.05) is 0 Å². The van der Waals surface area contributed by atoms with Crippen LogP contribution in [0.1, 0.15) is 120 Å². The van der Waals surface area contributed by atoms with Crippen molar-refractivity contribution < 1.29 is 19.2 Å². The summed E-state index contributed by atoms with van der Waals surface area (Å²) in [5.74, 6) is -0.358. The number of hydrogen-bond acceptors (Lipinski definition) is 6. The molecule has 0 fully saturated rings. The third kappa shape index (κ3) is 6.50. The number of unbranched alkanes of at least 4 members (excludes halogenated alkanes) is 2. The Balaban J connectivity index is 1.98. The summed E-state index contributed by atoms with van der Waals surface area (Å²) in [5, 5.41) is 3.03. The van der Waals surface area contributed by atoms with Gasteiger partial charge in [0.1, 0.15) is 0 Å². The van der Waals surface area contributed by atoms with Crippen molar-refractivity contribution in [3.05, 3.63) is 29.8 Å². The molecule has 3 amide bonds. The predicted molar refractivity (Wildman–Crippen MR) is 163 cm³/mol. The van der Waals surface area contributed by atoms with Gasteiger partial charge < -0.3 is 5.32 Å². The van der Waals surface area contributed by atoms with Gasteiger partial charge in [-0.3, -0.25) is 24.1 Å². The van der Waals surface area contributed by atoms with Crippen molar-refractivity contribution in [2.24, 2.45) is 11.8 Å². The van der Waals surface area contributed by atoms with Crippen molar-refractivity contribution in [1.29, 1.82) is 0 Å². The molecule has 208 valence electrons. The Kier molecular flexibility index (Phi) is 11.8. The highest BCUT2D eigenvalue weighted by molar-refractivity contribution is 9.11. The highest BCUT2D eigenvalue weighted by Gasteiger charge is 2.43. The van der Waals surface area contributed by atoms with Crippen LogP contribution in [0.3, 0.4) is 0 Å². The van der Waals surface area contributed by atoms with Gasteiger partial charge >= 0.3 is 0 Å². The zero-order chi connectivity index (χ0) is 28.0. The van der Waals surface area contributed by atoms with E-state index in [4.69, 9.17) is 0 Å². The van der Waals surface area contributed by atoms with Crippen LogP contribution < -0.4 is 5.32 Å². The van der Waals surface area contributed by atoms with Gasteiger partial charge in [0.15, 0.2) is 6.29 Å². The number of nitrogens with zero attached hydrogens (tertiary/aromatic N) is 1. The Bertz CT molecular complexity index is 1180. The summed E-state index contributed by atoms with van der Waals surface area (Å²) < 4.78 is 1.10. The van der Waals surface area contributed by atoms with Gasteiger partial charge in [0.25, 0.3) is 17.7 Å². The number of nitrogens with one attached hydrogen (secondary N) is 1. The van der Waals surface area contributed by atoms with E-state index in [0.717, 1.165) is 51.4 Å². The second-order valence-electron chi connectivity index (χ2n) is 9.83. The van der Waals surface area contributed by atoms with Crippen molar-refractivity contribution in [3.63, 3.8) is 0 Å². The van der Waals surface area contributed by atoms with Gasteiger partial charge in [-0.05, 0) is 56.5 Å². The molecule has 0 bridgehead atoms. The third-order valence-electron chi connectivity index (χ3n) is 7.31. The van der Waals surface area contributed by atoms with Crippen LogP contribution in [0.2, 0.25) is 0 Å². The van der Waals surface area contributed by atoms with Crippen LogP contribution in [0.5, 0.6) is 0 Å². The van der Waals surface area contributed by atoms with Gasteiger partial charge in [-0.2, -0.15) is 0 Å². The summed E-state index contributed by atoms with van der Waals surface area (Å²) in [7, 11) is 0. The fourth-order valence-corrected chi connectivity index (χ4v) is 8.61. The molecule has 0 spiro atoms. The Hall–Kier alpha value is -1.36. The molecule has 0 saturated carbocycles. The van der Waals surface area contributed by atoms with Crippen molar-refractivity contribution in [3.8, 4) is 9.75 Å². The zero-order valence-corrected chi connectivity index (χ0v) is 27.3. The second-order valence-corrected chi connectivity index (χ2v) is 14.5. The molecule has 2 unspecified atom stereocenters. The number of rotatable bonds is 15. The molecule has 0 aromatic carbocycles. The molecular weight excluding hydrogens is 652 g/mol. The lowest BCUT2D eigenvalue weighted by Gasteiger charge is -2.21. The average Bonchev–Trinajstić information content (AvgIpc) is 3.51. The number of amides is 3. The Morgan fingerprint density at radius 1 is 0.895 bits per heavy atom. The lowest BCUT2D eigenvalue weighted by molar-refractivity contribution is 0.0623. The van der Waals surface area contributed by atoms with Crippen LogP contribution in [-0.2, 0) is 0 Å². The molecule has 2 aromatic heterocycles. The summed E-state index contributed by atoms with van der Waals surface area (Å²) in [4.78, 5) is 55.0. The van der Waals surface area contributed by atoms with E-state index >= 15 is 0 Å². The minimum absolute atomic E-state index is 0.246. The second kappa shape index (κ2) is 14.3. The van der Waals surface area contributed by atoms with E-state index in [1.165, 1.54) is 27.6 Å². The Morgan fingerprint density at radius 2 is 1.47 bits per heavy atom. The lowest BCUT2D eigenvalue weighted by atomic mass is 9.99. The van der Waals surface area contributed by atoms with E-state index < -0.39 is 0 Å². The van der Waals surface area contributed by atoms with Gasteiger partial charge in [-0.1, -0.05) is 66.2 Å². The van der Waals surface area contributed by atoms with Crippen LogP contribution in [0, 0.1) is 11.8 Å².